The van der Waals surface area contributed by atoms with E-state index < -0.39 is 17.0 Å². The van der Waals surface area contributed by atoms with Crippen LogP contribution in [0.4, 0.5) is 11.4 Å². The Balaban J connectivity index is 3.03. The van der Waals surface area contributed by atoms with Gasteiger partial charge < -0.3 is 21.9 Å². The average molecular weight is 251 g/mol. The number of nitrogen functional groups attached to an aromatic ring is 1. The van der Waals surface area contributed by atoms with E-state index in [-0.39, 0.29) is 0 Å². The van der Waals surface area contributed by atoms with E-state index in [0.717, 1.165) is 0 Å². The molecule has 0 atom stereocenters. The van der Waals surface area contributed by atoms with Crippen molar-refractivity contribution in [2.75, 3.05) is 11.1 Å². The lowest BCUT2D eigenvalue weighted by Crippen LogP contribution is -2.51. The summed E-state index contributed by atoms with van der Waals surface area (Å²) in [5.41, 5.74) is 11.0. The molecule has 0 aliphatic rings. The van der Waals surface area contributed by atoms with E-state index in [4.69, 9.17) is 11.5 Å². The molecule has 5 heteroatoms. The summed E-state index contributed by atoms with van der Waals surface area (Å²) in [5, 5.41) is 13.2. The molecule has 0 fully saturated rings. The highest BCUT2D eigenvalue weighted by atomic mass is 16.3. The summed E-state index contributed by atoms with van der Waals surface area (Å²) in [5.74, 6) is -0.519. The van der Waals surface area contributed by atoms with Gasteiger partial charge >= 0.3 is 0 Å². The van der Waals surface area contributed by atoms with Crippen molar-refractivity contribution in [2.45, 2.75) is 38.8 Å². The van der Waals surface area contributed by atoms with Gasteiger partial charge in [-0.3, -0.25) is 4.79 Å². The minimum atomic E-state index is -0.929. The van der Waals surface area contributed by atoms with Gasteiger partial charge in [0.25, 0.3) is 0 Å². The summed E-state index contributed by atoms with van der Waals surface area (Å²) < 4.78 is 0. The van der Waals surface area contributed by atoms with E-state index in [2.05, 4.69) is 5.32 Å². The molecule has 0 saturated heterocycles. The van der Waals surface area contributed by atoms with Crippen molar-refractivity contribution in [3.05, 3.63) is 23.8 Å². The van der Waals surface area contributed by atoms with E-state index in [0.29, 0.717) is 16.9 Å². The summed E-state index contributed by atoms with van der Waals surface area (Å²) in [6, 6.07) is 4.80. The van der Waals surface area contributed by atoms with Crippen molar-refractivity contribution >= 4 is 17.3 Å². The van der Waals surface area contributed by atoms with Crippen molar-refractivity contribution in [1.82, 2.24) is 0 Å². The average Bonchev–Trinajstić information content (AvgIpc) is 2.18. The van der Waals surface area contributed by atoms with Gasteiger partial charge in [-0.2, -0.15) is 0 Å². The van der Waals surface area contributed by atoms with Crippen LogP contribution >= 0.6 is 0 Å². The first-order chi connectivity index (χ1) is 8.04. The second-order valence-corrected chi connectivity index (χ2v) is 5.48. The molecule has 0 spiro atoms. The Kier molecular flexibility index (Phi) is 3.57. The molecule has 6 N–H and O–H groups in total. The van der Waals surface area contributed by atoms with E-state index in [1.54, 1.807) is 26.0 Å². The lowest BCUT2D eigenvalue weighted by molar-refractivity contribution is 0.0241. The molecular formula is C13H21N3O2. The molecule has 1 aromatic rings. The molecule has 0 aliphatic carbocycles. The van der Waals surface area contributed by atoms with Crippen LogP contribution in [0.1, 0.15) is 38.1 Å². The normalized spacial score (nSPS) is 12.3. The zero-order valence-corrected chi connectivity index (χ0v) is 11.2. The fourth-order valence-corrected chi connectivity index (χ4v) is 1.32. The molecule has 0 unspecified atom stereocenters. The fourth-order valence-electron chi connectivity index (χ4n) is 1.32. The van der Waals surface area contributed by atoms with Gasteiger partial charge in [0.2, 0.25) is 5.91 Å². The van der Waals surface area contributed by atoms with Gasteiger partial charge in [0.15, 0.2) is 0 Å². The third kappa shape index (κ3) is 2.92. The van der Waals surface area contributed by atoms with Crippen molar-refractivity contribution in [1.29, 1.82) is 0 Å². The Hall–Kier alpha value is -1.75. The Bertz CT molecular complexity index is 462. The number of carbonyl (C=O) groups excluding carboxylic acids is 1. The minimum Gasteiger partial charge on any atom is -0.397 e. The molecule has 5 nitrogen and oxygen atoms in total. The van der Waals surface area contributed by atoms with E-state index in [1.807, 2.05) is 13.8 Å². The van der Waals surface area contributed by atoms with Crippen molar-refractivity contribution in [2.24, 2.45) is 5.73 Å². The second kappa shape index (κ2) is 4.49. The molecule has 1 aromatic carbocycles. The first kappa shape index (κ1) is 14.3. The topological polar surface area (TPSA) is 101 Å². The maximum absolute atomic E-state index is 11.0. The zero-order valence-electron chi connectivity index (χ0n) is 11.2. The lowest BCUT2D eigenvalue weighted by atomic mass is 9.85. The van der Waals surface area contributed by atoms with Crippen molar-refractivity contribution in [3.8, 4) is 0 Å². The van der Waals surface area contributed by atoms with Crippen LogP contribution in [0.2, 0.25) is 0 Å². The molecule has 0 bridgehead atoms. The smallest absolute Gasteiger partial charge is 0.248 e. The van der Waals surface area contributed by atoms with Crippen molar-refractivity contribution in [3.63, 3.8) is 0 Å². The summed E-state index contributed by atoms with van der Waals surface area (Å²) in [4.78, 5) is 11.0. The summed E-state index contributed by atoms with van der Waals surface area (Å²) in [6.07, 6.45) is 0. The minimum absolute atomic E-state index is 0.360. The first-order valence-corrected chi connectivity index (χ1v) is 5.74. The predicted molar refractivity (Wildman–Crippen MR) is 73.4 cm³/mol. The Morgan fingerprint density at radius 1 is 1.28 bits per heavy atom. The predicted octanol–water partition coefficient (Wildman–Crippen LogP) is 1.33. The number of hydrogen-bond acceptors (Lipinski definition) is 4. The van der Waals surface area contributed by atoms with Crippen LogP contribution in [0.15, 0.2) is 18.2 Å². The van der Waals surface area contributed by atoms with Gasteiger partial charge in [-0.1, -0.05) is 0 Å². The highest BCUT2D eigenvalue weighted by molar-refractivity contribution is 5.94. The van der Waals surface area contributed by atoms with E-state index in [1.165, 1.54) is 6.07 Å². The highest BCUT2D eigenvalue weighted by Crippen LogP contribution is 2.29. The van der Waals surface area contributed by atoms with E-state index in [9.17, 15) is 9.90 Å². The monoisotopic (exact) mass is 251 g/mol. The quantitative estimate of drug-likeness (QED) is 0.606. The number of hydrogen-bond donors (Lipinski definition) is 4. The third-order valence-corrected chi connectivity index (χ3v) is 3.31. The SMILES string of the molecule is CC(C)(O)C(C)(C)Nc1ccc(C(N)=O)cc1N. The number of nitrogens with two attached hydrogens (primary N) is 2. The maximum atomic E-state index is 11.0. The first-order valence-electron chi connectivity index (χ1n) is 5.74. The fraction of sp³-hybridized carbons (Fsp3) is 0.462. The third-order valence-electron chi connectivity index (χ3n) is 3.31. The van der Waals surface area contributed by atoms with Crippen molar-refractivity contribution < 1.29 is 9.90 Å². The number of benzene rings is 1. The summed E-state index contributed by atoms with van der Waals surface area (Å²) in [7, 11) is 0. The standard InChI is InChI=1S/C13H21N3O2/c1-12(2,13(3,4)18)16-10-6-5-8(11(15)17)7-9(10)14/h5-7,16,18H,14H2,1-4H3,(H2,15,17). The number of rotatable bonds is 4. The summed E-state index contributed by atoms with van der Waals surface area (Å²) >= 11 is 0. The molecule has 0 aliphatic heterocycles. The van der Waals surface area contributed by atoms with Gasteiger partial charge in [-0.05, 0) is 45.9 Å². The maximum Gasteiger partial charge on any atom is 0.248 e. The molecule has 0 heterocycles. The number of carbonyl (C=O) groups is 1. The van der Waals surface area contributed by atoms with Gasteiger partial charge in [-0.15, -0.1) is 0 Å². The van der Waals surface area contributed by atoms with Crippen LogP contribution in [0, 0.1) is 0 Å². The van der Waals surface area contributed by atoms with Crippen LogP contribution in [0.3, 0.4) is 0 Å². The molecule has 1 rings (SSSR count). The molecule has 0 saturated carbocycles. The molecule has 18 heavy (non-hydrogen) atoms. The van der Waals surface area contributed by atoms with Crippen LogP contribution in [-0.2, 0) is 0 Å². The summed E-state index contributed by atoms with van der Waals surface area (Å²) in [6.45, 7) is 7.17. The zero-order chi connectivity index (χ0) is 14.1. The van der Waals surface area contributed by atoms with Crippen LogP contribution < -0.4 is 16.8 Å². The number of aliphatic hydroxyl groups is 1. The highest BCUT2D eigenvalue weighted by Gasteiger charge is 2.35. The van der Waals surface area contributed by atoms with E-state index >= 15 is 0 Å². The van der Waals surface area contributed by atoms with Gasteiger partial charge in [-0.25, -0.2) is 0 Å². The molecule has 0 aromatic heterocycles. The molecule has 0 radical (unpaired) electrons. The van der Waals surface area contributed by atoms with Gasteiger partial charge in [0.05, 0.1) is 22.5 Å². The Morgan fingerprint density at radius 2 is 1.83 bits per heavy atom. The number of primary amides is 1. The Morgan fingerprint density at radius 3 is 2.22 bits per heavy atom. The van der Waals surface area contributed by atoms with Gasteiger partial charge in [0.1, 0.15) is 0 Å². The molecule has 100 valence electrons. The number of amides is 1. The van der Waals surface area contributed by atoms with Gasteiger partial charge in [0, 0.05) is 5.56 Å². The van der Waals surface area contributed by atoms with Crippen LogP contribution in [0.25, 0.3) is 0 Å². The Labute approximate surface area is 107 Å². The lowest BCUT2D eigenvalue weighted by Gasteiger charge is -2.39. The number of anilines is 2. The second-order valence-electron chi connectivity index (χ2n) is 5.48. The molecular weight excluding hydrogens is 230 g/mol. The van der Waals surface area contributed by atoms with Crippen LogP contribution in [0.5, 0.6) is 0 Å². The van der Waals surface area contributed by atoms with Crippen LogP contribution in [-0.4, -0.2) is 22.2 Å². The largest absolute Gasteiger partial charge is 0.397 e. The molecule has 1 amide bonds. The number of nitrogens with one attached hydrogen (secondary N) is 1.